The number of carbonyl (C=O) groups is 2. The number of amides is 1. The standard InChI is InChI=1S/C33H37N5O5S2/c1-3-43-32(40)24-14-17-36(18-15-24)33-34-31(39)29(44-33)20-26-22-38(27-11-5-4-6-12-27)35-30(26)25-10-7-13-28(19-25)45(41,42)37-16-8-9-23(2)21-37/h4-7,10-13,19-20,22-24H,3,8-9,14-18,21H2,1-2H3. The Morgan fingerprint density at radius 1 is 1.07 bits per heavy atom. The van der Waals surface area contributed by atoms with Crippen molar-refractivity contribution >= 4 is 44.9 Å². The molecule has 1 atom stereocenters. The quantitative estimate of drug-likeness (QED) is 0.254. The number of para-hydroxylation sites is 1. The summed E-state index contributed by atoms with van der Waals surface area (Å²) in [5.41, 5.74) is 2.71. The van der Waals surface area contributed by atoms with Crippen molar-refractivity contribution in [2.75, 3.05) is 32.8 Å². The average Bonchev–Trinajstić information content (AvgIpc) is 3.65. The molecule has 6 rings (SSSR count). The van der Waals surface area contributed by atoms with Crippen molar-refractivity contribution in [2.45, 2.75) is 44.4 Å². The van der Waals surface area contributed by atoms with E-state index in [1.807, 2.05) is 47.5 Å². The van der Waals surface area contributed by atoms with Gasteiger partial charge < -0.3 is 9.64 Å². The molecule has 0 saturated carbocycles. The number of amidine groups is 1. The van der Waals surface area contributed by atoms with Gasteiger partial charge in [-0.2, -0.15) is 14.4 Å². The topological polar surface area (TPSA) is 114 Å². The van der Waals surface area contributed by atoms with Crippen molar-refractivity contribution in [3.05, 3.63) is 71.3 Å². The van der Waals surface area contributed by atoms with Gasteiger partial charge in [0.15, 0.2) is 5.17 Å². The monoisotopic (exact) mass is 647 g/mol. The lowest BCUT2D eigenvalue weighted by atomic mass is 9.97. The summed E-state index contributed by atoms with van der Waals surface area (Å²) in [5.74, 6) is -0.325. The molecule has 0 aliphatic carbocycles. The molecular formula is C33H37N5O5S2. The van der Waals surface area contributed by atoms with E-state index in [0.29, 0.717) is 78.4 Å². The molecule has 45 heavy (non-hydrogen) atoms. The van der Waals surface area contributed by atoms with Crippen molar-refractivity contribution in [1.29, 1.82) is 0 Å². The van der Waals surface area contributed by atoms with Gasteiger partial charge in [0.05, 0.1) is 28.0 Å². The Morgan fingerprint density at radius 2 is 1.84 bits per heavy atom. The van der Waals surface area contributed by atoms with Gasteiger partial charge in [0.2, 0.25) is 10.0 Å². The van der Waals surface area contributed by atoms with Gasteiger partial charge in [-0.1, -0.05) is 37.3 Å². The molecule has 0 spiro atoms. The second kappa shape index (κ2) is 13.3. The fourth-order valence-corrected chi connectivity index (χ4v) is 8.59. The van der Waals surface area contributed by atoms with Crippen LogP contribution < -0.4 is 0 Å². The van der Waals surface area contributed by atoms with E-state index < -0.39 is 10.0 Å². The molecule has 3 aromatic rings. The molecule has 1 unspecified atom stereocenters. The Kier molecular flexibility index (Phi) is 9.25. The summed E-state index contributed by atoms with van der Waals surface area (Å²) in [7, 11) is -3.68. The van der Waals surface area contributed by atoms with Crippen LogP contribution in [0.4, 0.5) is 0 Å². The van der Waals surface area contributed by atoms with E-state index in [0.717, 1.165) is 18.5 Å². The van der Waals surface area contributed by atoms with Crippen molar-refractivity contribution in [3.8, 4) is 16.9 Å². The Morgan fingerprint density at radius 3 is 2.58 bits per heavy atom. The number of esters is 1. The number of piperidine rings is 2. The maximum absolute atomic E-state index is 13.6. The largest absolute Gasteiger partial charge is 0.466 e. The van der Waals surface area contributed by atoms with Gasteiger partial charge in [-0.15, -0.1) is 0 Å². The zero-order chi connectivity index (χ0) is 31.6. The van der Waals surface area contributed by atoms with Crippen LogP contribution in [0.25, 0.3) is 23.0 Å². The maximum Gasteiger partial charge on any atom is 0.309 e. The van der Waals surface area contributed by atoms with Crippen LogP contribution in [0.2, 0.25) is 0 Å². The molecule has 2 saturated heterocycles. The van der Waals surface area contributed by atoms with E-state index in [2.05, 4.69) is 11.9 Å². The maximum atomic E-state index is 13.6. The summed E-state index contributed by atoms with van der Waals surface area (Å²) >= 11 is 1.31. The van der Waals surface area contributed by atoms with Gasteiger partial charge in [-0.25, -0.2) is 13.1 Å². The van der Waals surface area contributed by atoms with Crippen LogP contribution in [0.3, 0.4) is 0 Å². The van der Waals surface area contributed by atoms with Gasteiger partial charge in [-0.05, 0) is 80.6 Å². The van der Waals surface area contributed by atoms with Gasteiger partial charge in [-0.3, -0.25) is 9.59 Å². The molecule has 0 radical (unpaired) electrons. The summed E-state index contributed by atoms with van der Waals surface area (Å²) in [4.78, 5) is 32.4. The first-order chi connectivity index (χ1) is 21.7. The smallest absolute Gasteiger partial charge is 0.309 e. The normalized spacial score (nSPS) is 20.9. The third-order valence-electron chi connectivity index (χ3n) is 8.41. The van der Waals surface area contributed by atoms with Crippen molar-refractivity contribution in [2.24, 2.45) is 16.8 Å². The second-order valence-corrected chi connectivity index (χ2v) is 14.6. The molecule has 3 aliphatic heterocycles. The highest BCUT2D eigenvalue weighted by Crippen LogP contribution is 2.35. The zero-order valence-corrected chi connectivity index (χ0v) is 27.1. The van der Waals surface area contributed by atoms with E-state index in [1.54, 1.807) is 40.2 Å². The number of hydrogen-bond acceptors (Lipinski definition) is 8. The molecule has 10 nitrogen and oxygen atoms in total. The Balaban J connectivity index is 1.29. The zero-order valence-electron chi connectivity index (χ0n) is 25.5. The van der Waals surface area contributed by atoms with Crippen LogP contribution in [-0.2, 0) is 24.3 Å². The van der Waals surface area contributed by atoms with Crippen LogP contribution in [-0.4, -0.2) is 77.2 Å². The lowest BCUT2D eigenvalue weighted by Gasteiger charge is -2.31. The van der Waals surface area contributed by atoms with Gasteiger partial charge in [0, 0.05) is 43.5 Å². The highest BCUT2D eigenvalue weighted by Gasteiger charge is 2.33. The molecule has 4 heterocycles. The molecule has 3 aliphatic rings. The first-order valence-electron chi connectivity index (χ1n) is 15.4. The molecule has 2 fully saturated rings. The van der Waals surface area contributed by atoms with Crippen LogP contribution in [0.15, 0.2) is 75.6 Å². The molecule has 236 valence electrons. The average molecular weight is 648 g/mol. The van der Waals surface area contributed by atoms with Crippen LogP contribution in [0.5, 0.6) is 0 Å². The van der Waals surface area contributed by atoms with E-state index in [-0.39, 0.29) is 22.7 Å². The minimum atomic E-state index is -3.68. The Bertz CT molecular complexity index is 1740. The third-order valence-corrected chi connectivity index (χ3v) is 11.3. The molecule has 1 aromatic heterocycles. The number of likely N-dealkylation sites (tertiary alicyclic amines) is 1. The number of rotatable bonds is 7. The number of nitrogens with zero attached hydrogens (tertiary/aromatic N) is 5. The molecular weight excluding hydrogens is 611 g/mol. The van der Waals surface area contributed by atoms with Crippen molar-refractivity contribution < 1.29 is 22.7 Å². The predicted molar refractivity (Wildman–Crippen MR) is 175 cm³/mol. The van der Waals surface area contributed by atoms with E-state index in [1.165, 1.54) is 11.8 Å². The van der Waals surface area contributed by atoms with Crippen LogP contribution >= 0.6 is 11.8 Å². The first kappa shape index (κ1) is 31.3. The molecule has 2 aromatic carbocycles. The summed E-state index contributed by atoms with van der Waals surface area (Å²) < 4.78 is 35.7. The molecule has 1 amide bonds. The summed E-state index contributed by atoms with van der Waals surface area (Å²) in [5, 5.41) is 5.49. The van der Waals surface area contributed by atoms with Gasteiger partial charge in [0.25, 0.3) is 5.91 Å². The number of aromatic nitrogens is 2. The van der Waals surface area contributed by atoms with Crippen LogP contribution in [0, 0.1) is 11.8 Å². The third kappa shape index (κ3) is 6.78. The van der Waals surface area contributed by atoms with E-state index in [9.17, 15) is 18.0 Å². The number of aliphatic imine (C=N–C) groups is 1. The minimum Gasteiger partial charge on any atom is -0.466 e. The predicted octanol–water partition coefficient (Wildman–Crippen LogP) is 5.21. The molecule has 12 heteroatoms. The molecule has 0 N–H and O–H groups in total. The number of carbonyl (C=O) groups excluding carboxylic acids is 2. The number of hydrogen-bond donors (Lipinski definition) is 0. The highest BCUT2D eigenvalue weighted by molar-refractivity contribution is 8.18. The molecule has 0 bridgehead atoms. The number of ether oxygens (including phenoxy) is 1. The lowest BCUT2D eigenvalue weighted by molar-refractivity contribution is -0.149. The fourth-order valence-electron chi connectivity index (χ4n) is 5.99. The van der Waals surface area contributed by atoms with Crippen molar-refractivity contribution in [3.63, 3.8) is 0 Å². The number of sulfonamides is 1. The van der Waals surface area contributed by atoms with Crippen LogP contribution in [0.1, 0.15) is 45.1 Å². The van der Waals surface area contributed by atoms with Gasteiger partial charge >= 0.3 is 5.97 Å². The first-order valence-corrected chi connectivity index (χ1v) is 17.7. The summed E-state index contributed by atoms with van der Waals surface area (Å²) in [6.45, 7) is 6.50. The second-order valence-electron chi connectivity index (χ2n) is 11.7. The Labute approximate surface area is 268 Å². The minimum absolute atomic E-state index is 0.136. The van der Waals surface area contributed by atoms with E-state index in [4.69, 9.17) is 9.84 Å². The van der Waals surface area contributed by atoms with Crippen molar-refractivity contribution in [1.82, 2.24) is 19.0 Å². The Hall–Kier alpha value is -3.74. The lowest BCUT2D eigenvalue weighted by Crippen LogP contribution is -2.39. The highest BCUT2D eigenvalue weighted by atomic mass is 32.2. The van der Waals surface area contributed by atoms with Gasteiger partial charge in [0.1, 0.15) is 5.69 Å². The SMILES string of the molecule is CCOC(=O)C1CCN(C2=NC(=O)C(=Cc3cn(-c4ccccc4)nc3-c3cccc(S(=O)(=O)N4CCCC(C)C4)c3)S2)CC1. The summed E-state index contributed by atoms with van der Waals surface area (Å²) in [6.07, 6.45) is 6.80. The summed E-state index contributed by atoms with van der Waals surface area (Å²) in [6, 6.07) is 16.5. The number of benzene rings is 2. The fraction of sp³-hybridized carbons (Fsp3) is 0.394. The number of thioether (sulfide) groups is 1. The van der Waals surface area contributed by atoms with E-state index >= 15 is 0 Å².